The Balaban J connectivity index is 2.91. The van der Waals surface area contributed by atoms with E-state index in [1.54, 1.807) is 0 Å². The van der Waals surface area contributed by atoms with E-state index < -0.39 is 15.8 Å². The third-order valence-corrected chi connectivity index (χ3v) is 3.84. The number of nitrogens with one attached hydrogen (secondary N) is 1. The van der Waals surface area contributed by atoms with Crippen molar-refractivity contribution in [1.82, 2.24) is 4.72 Å². The van der Waals surface area contributed by atoms with Crippen LogP contribution in [0.2, 0.25) is 0 Å². The second kappa shape index (κ2) is 6.09. The zero-order chi connectivity index (χ0) is 12.9. The third kappa shape index (κ3) is 3.76. The number of sulfonamides is 1. The van der Waals surface area contributed by atoms with Gasteiger partial charge in [-0.25, -0.2) is 17.5 Å². The Morgan fingerprint density at radius 2 is 2.12 bits per heavy atom. The highest BCUT2D eigenvalue weighted by atomic mass is 32.2. The van der Waals surface area contributed by atoms with E-state index in [-0.39, 0.29) is 11.4 Å². The van der Waals surface area contributed by atoms with Crippen LogP contribution in [0.25, 0.3) is 0 Å². The lowest BCUT2D eigenvalue weighted by atomic mass is 10.2. The molecule has 0 saturated carbocycles. The quantitative estimate of drug-likeness (QED) is 0.759. The van der Waals surface area contributed by atoms with Crippen LogP contribution in [0, 0.1) is 5.82 Å². The molecule has 0 aliphatic rings. The lowest BCUT2D eigenvalue weighted by Crippen LogP contribution is -2.25. The summed E-state index contributed by atoms with van der Waals surface area (Å²) in [5, 5.41) is 0. The minimum atomic E-state index is -3.75. The molecule has 0 heterocycles. The fourth-order valence-corrected chi connectivity index (χ4v) is 2.48. The molecule has 17 heavy (non-hydrogen) atoms. The first kappa shape index (κ1) is 14.1. The van der Waals surface area contributed by atoms with Crippen LogP contribution < -0.4 is 10.5 Å². The Hall–Kier alpha value is -0.980. The van der Waals surface area contributed by atoms with Crippen LogP contribution in [-0.2, 0) is 16.6 Å². The van der Waals surface area contributed by atoms with Crippen molar-refractivity contribution in [2.75, 3.05) is 6.54 Å². The number of hydrogen-bond acceptors (Lipinski definition) is 3. The summed E-state index contributed by atoms with van der Waals surface area (Å²) in [7, 11) is -3.75. The van der Waals surface area contributed by atoms with Gasteiger partial charge >= 0.3 is 0 Å². The molecule has 0 amide bonds. The van der Waals surface area contributed by atoms with E-state index in [0.717, 1.165) is 18.9 Å². The summed E-state index contributed by atoms with van der Waals surface area (Å²) in [6.45, 7) is 2.45. The molecule has 96 valence electrons. The number of rotatable bonds is 6. The molecule has 4 nitrogen and oxygen atoms in total. The maximum atomic E-state index is 13.6. The fourth-order valence-electron chi connectivity index (χ4n) is 1.35. The van der Waals surface area contributed by atoms with E-state index in [2.05, 4.69) is 4.72 Å². The van der Waals surface area contributed by atoms with Crippen LogP contribution in [0.15, 0.2) is 23.1 Å². The van der Waals surface area contributed by atoms with Gasteiger partial charge in [0.15, 0.2) is 0 Å². The monoisotopic (exact) mass is 260 g/mol. The Bertz CT molecular complexity index is 474. The summed E-state index contributed by atoms with van der Waals surface area (Å²) < 4.78 is 39.4. The van der Waals surface area contributed by atoms with Gasteiger partial charge in [-0.05, 0) is 24.1 Å². The second-order valence-corrected chi connectivity index (χ2v) is 5.46. The van der Waals surface area contributed by atoms with E-state index in [4.69, 9.17) is 5.73 Å². The maximum absolute atomic E-state index is 13.6. The van der Waals surface area contributed by atoms with Gasteiger partial charge in [0.2, 0.25) is 10.0 Å². The summed E-state index contributed by atoms with van der Waals surface area (Å²) in [5.41, 5.74) is 5.91. The first-order valence-corrected chi connectivity index (χ1v) is 6.97. The molecule has 0 aliphatic heterocycles. The summed E-state index contributed by atoms with van der Waals surface area (Å²) >= 11 is 0. The van der Waals surface area contributed by atoms with Crippen LogP contribution in [0.5, 0.6) is 0 Å². The average molecular weight is 260 g/mol. The normalized spacial score (nSPS) is 11.7. The number of benzene rings is 1. The van der Waals surface area contributed by atoms with Crippen molar-refractivity contribution in [1.29, 1.82) is 0 Å². The Morgan fingerprint density at radius 1 is 1.41 bits per heavy atom. The van der Waals surface area contributed by atoms with Gasteiger partial charge in [0.25, 0.3) is 0 Å². The molecule has 0 fully saturated rings. The minimum absolute atomic E-state index is 0.181. The molecule has 0 atom stereocenters. The van der Waals surface area contributed by atoms with Gasteiger partial charge in [-0.1, -0.05) is 19.4 Å². The molecule has 0 spiro atoms. The van der Waals surface area contributed by atoms with Gasteiger partial charge in [0.1, 0.15) is 10.7 Å². The Morgan fingerprint density at radius 3 is 2.65 bits per heavy atom. The average Bonchev–Trinajstić information content (AvgIpc) is 2.28. The molecule has 0 radical (unpaired) electrons. The molecule has 0 bridgehead atoms. The van der Waals surface area contributed by atoms with Crippen LogP contribution in [0.1, 0.15) is 25.3 Å². The topological polar surface area (TPSA) is 72.2 Å². The van der Waals surface area contributed by atoms with E-state index in [0.29, 0.717) is 12.1 Å². The Kier molecular flexibility index (Phi) is 5.04. The van der Waals surface area contributed by atoms with Gasteiger partial charge < -0.3 is 5.73 Å². The zero-order valence-electron chi connectivity index (χ0n) is 9.74. The van der Waals surface area contributed by atoms with Crippen molar-refractivity contribution in [3.8, 4) is 0 Å². The largest absolute Gasteiger partial charge is 0.326 e. The second-order valence-electron chi connectivity index (χ2n) is 3.72. The van der Waals surface area contributed by atoms with Crippen molar-refractivity contribution >= 4 is 10.0 Å². The van der Waals surface area contributed by atoms with E-state index >= 15 is 0 Å². The van der Waals surface area contributed by atoms with Crippen LogP contribution in [0.4, 0.5) is 4.39 Å². The highest BCUT2D eigenvalue weighted by Crippen LogP contribution is 2.15. The number of hydrogen-bond donors (Lipinski definition) is 2. The summed E-state index contributed by atoms with van der Waals surface area (Å²) in [6.07, 6.45) is 1.60. The molecule has 0 unspecified atom stereocenters. The summed E-state index contributed by atoms with van der Waals surface area (Å²) in [5.74, 6) is -0.767. The van der Waals surface area contributed by atoms with Crippen LogP contribution >= 0.6 is 0 Å². The van der Waals surface area contributed by atoms with Gasteiger partial charge in [0, 0.05) is 13.1 Å². The minimum Gasteiger partial charge on any atom is -0.326 e. The first-order valence-electron chi connectivity index (χ1n) is 5.49. The smallest absolute Gasteiger partial charge is 0.243 e. The maximum Gasteiger partial charge on any atom is 0.243 e. The first-order chi connectivity index (χ1) is 8.01. The number of unbranched alkanes of at least 4 members (excludes halogenated alkanes) is 1. The Labute approximate surface area is 101 Å². The standard InChI is InChI=1S/C11H17FN2O2S/c1-2-3-6-14-17(15,16)11-5-4-9(8-13)7-10(11)12/h4-5,7,14H,2-3,6,8,13H2,1H3. The van der Waals surface area contributed by atoms with Crippen molar-refractivity contribution in [2.45, 2.75) is 31.2 Å². The molecule has 1 aromatic rings. The van der Waals surface area contributed by atoms with Crippen LogP contribution in [0.3, 0.4) is 0 Å². The summed E-state index contributed by atoms with van der Waals surface area (Å²) in [4.78, 5) is -0.328. The molecule has 6 heteroatoms. The lowest BCUT2D eigenvalue weighted by Gasteiger charge is -2.08. The molecule has 0 aromatic heterocycles. The fraction of sp³-hybridized carbons (Fsp3) is 0.455. The molecular weight excluding hydrogens is 243 g/mol. The van der Waals surface area contributed by atoms with Crippen LogP contribution in [-0.4, -0.2) is 15.0 Å². The van der Waals surface area contributed by atoms with Gasteiger partial charge in [0.05, 0.1) is 0 Å². The number of nitrogens with two attached hydrogens (primary N) is 1. The molecular formula is C11H17FN2O2S. The highest BCUT2D eigenvalue weighted by Gasteiger charge is 2.18. The van der Waals surface area contributed by atoms with Crippen molar-refractivity contribution in [2.24, 2.45) is 5.73 Å². The van der Waals surface area contributed by atoms with E-state index in [1.165, 1.54) is 12.1 Å². The lowest BCUT2D eigenvalue weighted by molar-refractivity contribution is 0.554. The molecule has 1 aromatic carbocycles. The van der Waals surface area contributed by atoms with E-state index in [9.17, 15) is 12.8 Å². The molecule has 0 saturated heterocycles. The predicted molar refractivity (Wildman–Crippen MR) is 64.4 cm³/mol. The third-order valence-electron chi connectivity index (χ3n) is 2.34. The van der Waals surface area contributed by atoms with Gasteiger partial charge in [-0.3, -0.25) is 0 Å². The predicted octanol–water partition coefficient (Wildman–Crippen LogP) is 1.36. The van der Waals surface area contributed by atoms with Gasteiger partial charge in [-0.15, -0.1) is 0 Å². The zero-order valence-corrected chi connectivity index (χ0v) is 10.6. The van der Waals surface area contributed by atoms with Gasteiger partial charge in [-0.2, -0.15) is 0 Å². The van der Waals surface area contributed by atoms with Crippen molar-refractivity contribution in [3.05, 3.63) is 29.6 Å². The van der Waals surface area contributed by atoms with E-state index in [1.807, 2.05) is 6.92 Å². The highest BCUT2D eigenvalue weighted by molar-refractivity contribution is 7.89. The molecule has 3 N–H and O–H groups in total. The molecule has 1 rings (SSSR count). The summed E-state index contributed by atoms with van der Waals surface area (Å²) in [6, 6.07) is 3.90. The molecule has 0 aliphatic carbocycles. The van der Waals surface area contributed by atoms with Crippen molar-refractivity contribution in [3.63, 3.8) is 0 Å². The number of halogens is 1. The van der Waals surface area contributed by atoms with Crippen molar-refractivity contribution < 1.29 is 12.8 Å². The SMILES string of the molecule is CCCCNS(=O)(=O)c1ccc(CN)cc1F.